The fourth-order valence-electron chi connectivity index (χ4n) is 1.58. The molecule has 1 aliphatic rings. The van der Waals surface area contributed by atoms with Crippen LogP contribution < -0.4 is 10.5 Å². The number of esters is 1. The topological polar surface area (TPSA) is 61.5 Å². The van der Waals surface area contributed by atoms with Gasteiger partial charge in [-0.2, -0.15) is 0 Å². The molecule has 1 unspecified atom stereocenters. The number of carbonyl (C=O) groups excluding carboxylic acids is 1. The molecular weight excluding hydrogens is 182 g/mol. The second kappa shape index (κ2) is 2.99. The normalized spacial score (nSPS) is 23.9. The van der Waals surface area contributed by atoms with Crippen LogP contribution in [0.15, 0.2) is 24.3 Å². The van der Waals surface area contributed by atoms with Crippen LogP contribution in [-0.2, 0) is 15.1 Å². The minimum atomic E-state index is -1.15. The van der Waals surface area contributed by atoms with Gasteiger partial charge in [0.15, 0.2) is 5.54 Å². The molecule has 2 rings (SSSR count). The Balaban J connectivity index is 2.47. The number of para-hydroxylation sites is 1. The van der Waals surface area contributed by atoms with Crippen LogP contribution >= 0.6 is 0 Å². The number of fused-ring (bicyclic) bond motifs is 1. The fourth-order valence-corrected chi connectivity index (χ4v) is 1.58. The Hall–Kier alpha value is -1.55. The zero-order valence-electron chi connectivity index (χ0n) is 7.82. The van der Waals surface area contributed by atoms with Crippen molar-refractivity contribution in [3.8, 4) is 5.75 Å². The summed E-state index contributed by atoms with van der Waals surface area (Å²) in [5.74, 6) is 0.183. The highest BCUT2D eigenvalue weighted by Crippen LogP contribution is 2.35. The first kappa shape index (κ1) is 9.02. The highest BCUT2D eigenvalue weighted by atomic mass is 16.5. The van der Waals surface area contributed by atoms with E-state index in [0.717, 1.165) is 0 Å². The van der Waals surface area contributed by atoms with E-state index in [-0.39, 0.29) is 6.61 Å². The molecule has 1 aliphatic heterocycles. The van der Waals surface area contributed by atoms with Gasteiger partial charge in [-0.3, -0.25) is 0 Å². The zero-order chi connectivity index (χ0) is 10.2. The minimum Gasteiger partial charge on any atom is -0.490 e. The molecule has 0 radical (unpaired) electrons. The van der Waals surface area contributed by atoms with E-state index in [1.807, 2.05) is 12.1 Å². The molecule has 1 atom stereocenters. The van der Waals surface area contributed by atoms with Crippen molar-refractivity contribution < 1.29 is 14.3 Å². The molecule has 0 fully saturated rings. The highest BCUT2D eigenvalue weighted by Gasteiger charge is 2.44. The summed E-state index contributed by atoms with van der Waals surface area (Å²) in [6.45, 7) is 0.138. The quantitative estimate of drug-likeness (QED) is 0.656. The van der Waals surface area contributed by atoms with Crippen molar-refractivity contribution in [3.05, 3.63) is 29.8 Å². The van der Waals surface area contributed by atoms with Crippen molar-refractivity contribution in [2.24, 2.45) is 5.73 Å². The van der Waals surface area contributed by atoms with Gasteiger partial charge in [0.2, 0.25) is 0 Å². The van der Waals surface area contributed by atoms with E-state index in [9.17, 15) is 4.79 Å². The summed E-state index contributed by atoms with van der Waals surface area (Å²) in [4.78, 5) is 11.5. The maximum Gasteiger partial charge on any atom is 0.334 e. The van der Waals surface area contributed by atoms with Gasteiger partial charge in [0.25, 0.3) is 0 Å². The Bertz CT molecular complexity index is 377. The second-order valence-electron chi connectivity index (χ2n) is 3.25. The highest BCUT2D eigenvalue weighted by molar-refractivity contribution is 5.84. The molecule has 0 amide bonds. The molecule has 4 heteroatoms. The van der Waals surface area contributed by atoms with Gasteiger partial charge < -0.3 is 15.2 Å². The Morgan fingerprint density at radius 1 is 1.57 bits per heavy atom. The molecule has 14 heavy (non-hydrogen) atoms. The summed E-state index contributed by atoms with van der Waals surface area (Å²) in [6, 6.07) is 7.21. The number of benzene rings is 1. The van der Waals surface area contributed by atoms with Crippen LogP contribution in [0.1, 0.15) is 5.56 Å². The van der Waals surface area contributed by atoms with Crippen LogP contribution in [0.25, 0.3) is 0 Å². The Morgan fingerprint density at radius 2 is 2.29 bits per heavy atom. The molecular formula is C10H11NO3. The first-order chi connectivity index (χ1) is 6.68. The van der Waals surface area contributed by atoms with Gasteiger partial charge in [-0.1, -0.05) is 18.2 Å². The monoisotopic (exact) mass is 193 g/mol. The summed E-state index contributed by atoms with van der Waals surface area (Å²) in [5, 5.41) is 0. The van der Waals surface area contributed by atoms with E-state index >= 15 is 0 Å². The molecule has 4 nitrogen and oxygen atoms in total. The van der Waals surface area contributed by atoms with Gasteiger partial charge in [0.05, 0.1) is 7.11 Å². The molecule has 0 aromatic heterocycles. The Morgan fingerprint density at radius 3 is 3.00 bits per heavy atom. The molecule has 0 saturated heterocycles. The van der Waals surface area contributed by atoms with Crippen LogP contribution in [-0.4, -0.2) is 19.7 Å². The molecule has 2 N–H and O–H groups in total. The van der Waals surface area contributed by atoms with Gasteiger partial charge >= 0.3 is 5.97 Å². The first-order valence-corrected chi connectivity index (χ1v) is 4.28. The molecule has 0 aliphatic carbocycles. The number of hydrogen-bond acceptors (Lipinski definition) is 4. The average Bonchev–Trinajstić information content (AvgIpc) is 2.58. The lowest BCUT2D eigenvalue weighted by Crippen LogP contribution is -2.47. The third-order valence-electron chi connectivity index (χ3n) is 2.37. The van der Waals surface area contributed by atoms with E-state index < -0.39 is 11.5 Å². The largest absolute Gasteiger partial charge is 0.490 e. The van der Waals surface area contributed by atoms with Crippen molar-refractivity contribution in [3.63, 3.8) is 0 Å². The van der Waals surface area contributed by atoms with E-state index in [1.54, 1.807) is 12.1 Å². The van der Waals surface area contributed by atoms with Crippen molar-refractivity contribution in [1.29, 1.82) is 0 Å². The first-order valence-electron chi connectivity index (χ1n) is 4.28. The number of ether oxygens (including phenoxy) is 2. The molecule has 1 heterocycles. The predicted octanol–water partition coefficient (Wildman–Crippen LogP) is 0.406. The van der Waals surface area contributed by atoms with E-state index in [1.165, 1.54) is 7.11 Å². The Labute approximate surface area is 81.6 Å². The third-order valence-corrected chi connectivity index (χ3v) is 2.37. The smallest absolute Gasteiger partial charge is 0.334 e. The van der Waals surface area contributed by atoms with Crippen molar-refractivity contribution in [2.45, 2.75) is 5.54 Å². The van der Waals surface area contributed by atoms with Crippen LogP contribution in [0.4, 0.5) is 0 Å². The fraction of sp³-hybridized carbons (Fsp3) is 0.300. The predicted molar refractivity (Wildman–Crippen MR) is 49.8 cm³/mol. The molecule has 0 spiro atoms. The number of carbonyl (C=O) groups is 1. The van der Waals surface area contributed by atoms with Crippen LogP contribution in [0, 0.1) is 0 Å². The summed E-state index contributed by atoms with van der Waals surface area (Å²) in [5.41, 5.74) is 5.46. The lowest BCUT2D eigenvalue weighted by atomic mass is 9.93. The zero-order valence-corrected chi connectivity index (χ0v) is 7.82. The Kier molecular flexibility index (Phi) is 1.93. The van der Waals surface area contributed by atoms with Gasteiger partial charge in [-0.15, -0.1) is 0 Å². The molecule has 0 bridgehead atoms. The van der Waals surface area contributed by atoms with E-state index in [2.05, 4.69) is 4.74 Å². The maximum absolute atomic E-state index is 11.5. The van der Waals surface area contributed by atoms with Gasteiger partial charge in [0, 0.05) is 5.56 Å². The third kappa shape index (κ3) is 1.08. The molecule has 1 aromatic carbocycles. The number of rotatable bonds is 1. The summed E-state index contributed by atoms with van der Waals surface area (Å²) >= 11 is 0. The van der Waals surface area contributed by atoms with E-state index in [0.29, 0.717) is 11.3 Å². The summed E-state index contributed by atoms with van der Waals surface area (Å²) < 4.78 is 9.96. The van der Waals surface area contributed by atoms with Gasteiger partial charge in [0.1, 0.15) is 12.4 Å². The van der Waals surface area contributed by atoms with E-state index in [4.69, 9.17) is 10.5 Å². The number of methoxy groups -OCH3 is 1. The SMILES string of the molecule is COC(=O)C1(N)COc2ccccc21. The van der Waals surface area contributed by atoms with Crippen LogP contribution in [0.3, 0.4) is 0 Å². The maximum atomic E-state index is 11.5. The lowest BCUT2D eigenvalue weighted by molar-refractivity contribution is -0.147. The summed E-state index contributed by atoms with van der Waals surface area (Å²) in [6.07, 6.45) is 0. The van der Waals surface area contributed by atoms with Crippen LogP contribution in [0.5, 0.6) is 5.75 Å². The van der Waals surface area contributed by atoms with Gasteiger partial charge in [-0.25, -0.2) is 4.79 Å². The van der Waals surface area contributed by atoms with Crippen molar-refractivity contribution in [1.82, 2.24) is 0 Å². The van der Waals surface area contributed by atoms with Crippen molar-refractivity contribution in [2.75, 3.05) is 13.7 Å². The molecule has 74 valence electrons. The second-order valence-corrected chi connectivity index (χ2v) is 3.25. The summed E-state index contributed by atoms with van der Waals surface area (Å²) in [7, 11) is 1.32. The van der Waals surface area contributed by atoms with Crippen molar-refractivity contribution >= 4 is 5.97 Å². The van der Waals surface area contributed by atoms with Gasteiger partial charge in [-0.05, 0) is 6.07 Å². The molecule has 0 saturated carbocycles. The van der Waals surface area contributed by atoms with Crippen LogP contribution in [0.2, 0.25) is 0 Å². The standard InChI is InChI=1S/C10H11NO3/c1-13-9(12)10(11)6-14-8-5-3-2-4-7(8)10/h2-5H,6,11H2,1H3. The number of hydrogen-bond donors (Lipinski definition) is 1. The lowest BCUT2D eigenvalue weighted by Gasteiger charge is -2.18. The average molecular weight is 193 g/mol. The minimum absolute atomic E-state index is 0.138. The number of nitrogens with two attached hydrogens (primary N) is 1. The molecule has 1 aromatic rings.